The van der Waals surface area contributed by atoms with E-state index in [1.54, 1.807) is 18.2 Å². The number of ether oxygens (including phenoxy) is 2. The lowest BCUT2D eigenvalue weighted by atomic mass is 10.2. The number of aromatic nitrogens is 1. The van der Waals surface area contributed by atoms with Crippen molar-refractivity contribution in [3.8, 4) is 17.4 Å². The predicted molar refractivity (Wildman–Crippen MR) is 132 cm³/mol. The first-order valence-electron chi connectivity index (χ1n) is 10.8. The lowest BCUT2D eigenvalue weighted by Gasteiger charge is -2.22. The van der Waals surface area contributed by atoms with Crippen LogP contribution in [0, 0.1) is 0 Å². The molecule has 0 atom stereocenters. The van der Waals surface area contributed by atoms with E-state index in [9.17, 15) is 9.90 Å². The summed E-state index contributed by atoms with van der Waals surface area (Å²) < 4.78 is 13.1. The van der Waals surface area contributed by atoms with Crippen LogP contribution in [0.15, 0.2) is 51.1 Å². The molecule has 0 unspecified atom stereocenters. The Bertz CT molecular complexity index is 1150. The van der Waals surface area contributed by atoms with Crippen molar-refractivity contribution in [2.45, 2.75) is 33.4 Å². The summed E-state index contributed by atoms with van der Waals surface area (Å²) in [4.78, 5) is 15.0. The highest BCUT2D eigenvalue weighted by Crippen LogP contribution is 2.40. The fraction of sp³-hybridized carbons (Fsp3) is 0.375. The number of benzene rings is 2. The highest BCUT2D eigenvalue weighted by Gasteiger charge is 2.19. The van der Waals surface area contributed by atoms with Gasteiger partial charge in [0.15, 0.2) is 17.2 Å². The highest BCUT2D eigenvalue weighted by atomic mass is 79.9. The third-order valence-corrected chi connectivity index (χ3v) is 5.76. The van der Waals surface area contributed by atoms with Crippen molar-refractivity contribution in [3.63, 3.8) is 0 Å². The maximum atomic E-state index is 12.7. The summed E-state index contributed by atoms with van der Waals surface area (Å²) in [7, 11) is 3.02. The molecule has 33 heavy (non-hydrogen) atoms. The second-order valence-corrected chi connectivity index (χ2v) is 8.51. The van der Waals surface area contributed by atoms with Gasteiger partial charge in [-0.25, -0.2) is 0 Å². The first kappa shape index (κ1) is 24.7. The zero-order chi connectivity index (χ0) is 24.0. The quantitative estimate of drug-likeness (QED) is 0.327. The van der Waals surface area contributed by atoms with Crippen LogP contribution >= 0.6 is 15.9 Å². The van der Waals surface area contributed by atoms with Gasteiger partial charge in [-0.2, -0.15) is 0 Å². The van der Waals surface area contributed by atoms with Crippen LogP contribution in [0.1, 0.15) is 37.0 Å². The lowest BCUT2D eigenvalue weighted by Crippen LogP contribution is -2.27. The molecule has 0 aliphatic rings. The molecule has 0 bridgehead atoms. The Morgan fingerprint density at radius 3 is 2.39 bits per heavy atom. The number of halogens is 1. The van der Waals surface area contributed by atoms with Crippen LogP contribution in [0.2, 0.25) is 0 Å². The minimum atomic E-state index is -0.551. The zero-order valence-electron chi connectivity index (χ0n) is 19.3. The van der Waals surface area contributed by atoms with Gasteiger partial charge in [0.25, 0.3) is 5.91 Å². The first-order chi connectivity index (χ1) is 15.9. The number of azo groups is 1. The minimum Gasteiger partial charge on any atom is -0.493 e. The van der Waals surface area contributed by atoms with E-state index in [1.165, 1.54) is 14.2 Å². The number of carbonyl (C=O) groups is 1. The summed E-state index contributed by atoms with van der Waals surface area (Å²) in [6.45, 7) is 6.61. The number of hydrogen-bond donors (Lipinski definition) is 1. The molecule has 1 N–H and O–H groups in total. The molecule has 8 nitrogen and oxygen atoms in total. The van der Waals surface area contributed by atoms with Gasteiger partial charge in [-0.3, -0.25) is 14.3 Å². The van der Waals surface area contributed by atoms with E-state index in [2.05, 4.69) is 44.9 Å². The molecule has 3 rings (SSSR count). The molecule has 1 heterocycles. The molecule has 0 spiro atoms. The Labute approximate surface area is 201 Å². The number of nitrogens with zero attached hydrogens (tertiary/aromatic N) is 4. The van der Waals surface area contributed by atoms with Gasteiger partial charge in [0, 0.05) is 15.4 Å². The van der Waals surface area contributed by atoms with Crippen molar-refractivity contribution in [2.24, 2.45) is 10.2 Å². The number of methoxy groups -OCH3 is 2. The number of amides is 1. The Hall–Kier alpha value is -2.91. The average molecular weight is 517 g/mol. The van der Waals surface area contributed by atoms with Gasteiger partial charge in [0.2, 0.25) is 5.88 Å². The standard InChI is InChI=1S/C24H29BrN4O4/c1-5-11-28(12-6-2)15-29-19-9-8-17(25)14-18(19)22(24(29)31)26-27-23(30)16-7-10-20(32-3)21(13-16)33-4/h7-10,13-14,31H,5-6,11-12,15H2,1-4H3. The molecule has 0 radical (unpaired) electrons. The highest BCUT2D eigenvalue weighted by molar-refractivity contribution is 9.10. The summed E-state index contributed by atoms with van der Waals surface area (Å²) in [5, 5.41) is 19.8. The average Bonchev–Trinajstić information content (AvgIpc) is 3.07. The normalized spacial score (nSPS) is 11.6. The van der Waals surface area contributed by atoms with E-state index < -0.39 is 5.91 Å². The van der Waals surface area contributed by atoms with Gasteiger partial charge in [0.1, 0.15) is 0 Å². The molecule has 0 aliphatic carbocycles. The summed E-state index contributed by atoms with van der Waals surface area (Å²) in [5.41, 5.74) is 1.38. The number of hydrogen-bond acceptors (Lipinski definition) is 6. The van der Waals surface area contributed by atoms with Crippen LogP contribution in [-0.2, 0) is 6.67 Å². The maximum Gasteiger partial charge on any atom is 0.295 e. The van der Waals surface area contributed by atoms with E-state index >= 15 is 0 Å². The van der Waals surface area contributed by atoms with Crippen LogP contribution in [0.25, 0.3) is 10.9 Å². The topological polar surface area (TPSA) is 88.7 Å². The SMILES string of the molecule is CCCN(CCC)Cn1c(O)c(N=NC(=O)c2ccc(OC)c(OC)c2)c2cc(Br)ccc21. The van der Waals surface area contributed by atoms with E-state index in [1.807, 2.05) is 22.8 Å². The van der Waals surface area contributed by atoms with Gasteiger partial charge in [-0.1, -0.05) is 29.8 Å². The van der Waals surface area contributed by atoms with Crippen LogP contribution in [0.5, 0.6) is 17.4 Å². The molecule has 1 amide bonds. The summed E-state index contributed by atoms with van der Waals surface area (Å²) in [6.07, 6.45) is 2.02. The minimum absolute atomic E-state index is 0.0239. The smallest absolute Gasteiger partial charge is 0.295 e. The van der Waals surface area contributed by atoms with Crippen LogP contribution in [-0.4, -0.2) is 47.8 Å². The van der Waals surface area contributed by atoms with Crippen molar-refractivity contribution in [2.75, 3.05) is 27.3 Å². The van der Waals surface area contributed by atoms with Crippen LogP contribution in [0.3, 0.4) is 0 Å². The van der Waals surface area contributed by atoms with Crippen LogP contribution in [0.4, 0.5) is 5.69 Å². The third-order valence-electron chi connectivity index (χ3n) is 5.26. The summed E-state index contributed by atoms with van der Waals surface area (Å²) >= 11 is 3.48. The molecule has 0 aliphatic heterocycles. The van der Waals surface area contributed by atoms with Gasteiger partial charge < -0.3 is 14.6 Å². The zero-order valence-corrected chi connectivity index (χ0v) is 20.9. The largest absolute Gasteiger partial charge is 0.493 e. The molecule has 0 fully saturated rings. The Morgan fingerprint density at radius 2 is 1.76 bits per heavy atom. The van der Waals surface area contributed by atoms with Gasteiger partial charge in [-0.05, 0) is 62.3 Å². The van der Waals surface area contributed by atoms with Crippen molar-refractivity contribution in [3.05, 3.63) is 46.4 Å². The lowest BCUT2D eigenvalue weighted by molar-refractivity contribution is 0.0994. The fourth-order valence-electron chi connectivity index (χ4n) is 3.75. The van der Waals surface area contributed by atoms with Crippen molar-refractivity contribution < 1.29 is 19.4 Å². The molecule has 1 aromatic heterocycles. The van der Waals surface area contributed by atoms with Crippen molar-refractivity contribution in [1.29, 1.82) is 0 Å². The third kappa shape index (κ3) is 5.54. The number of fused-ring (bicyclic) bond motifs is 1. The van der Waals surface area contributed by atoms with Gasteiger partial charge >= 0.3 is 0 Å². The summed E-state index contributed by atoms with van der Waals surface area (Å²) in [5.74, 6) is 0.364. The second-order valence-electron chi connectivity index (χ2n) is 7.60. The Balaban J connectivity index is 1.99. The maximum absolute atomic E-state index is 12.7. The Kier molecular flexibility index (Phi) is 8.46. The fourth-order valence-corrected chi connectivity index (χ4v) is 4.11. The molecule has 176 valence electrons. The van der Waals surface area contributed by atoms with E-state index in [0.29, 0.717) is 29.1 Å². The Morgan fingerprint density at radius 1 is 1.06 bits per heavy atom. The van der Waals surface area contributed by atoms with Crippen molar-refractivity contribution in [1.82, 2.24) is 9.47 Å². The summed E-state index contributed by atoms with van der Waals surface area (Å²) in [6, 6.07) is 10.5. The van der Waals surface area contributed by atoms with E-state index in [-0.39, 0.29) is 11.6 Å². The van der Waals surface area contributed by atoms with E-state index in [0.717, 1.165) is 35.9 Å². The number of aromatic hydroxyl groups is 1. The molecule has 2 aromatic carbocycles. The second kappa shape index (κ2) is 11.3. The number of carbonyl (C=O) groups excluding carboxylic acids is 1. The molecular weight excluding hydrogens is 488 g/mol. The van der Waals surface area contributed by atoms with Crippen molar-refractivity contribution >= 4 is 38.4 Å². The monoisotopic (exact) mass is 516 g/mol. The number of rotatable bonds is 10. The molecule has 0 saturated heterocycles. The van der Waals surface area contributed by atoms with Gasteiger partial charge in [-0.15, -0.1) is 10.2 Å². The molecule has 9 heteroatoms. The first-order valence-corrected chi connectivity index (χ1v) is 11.6. The molecule has 0 saturated carbocycles. The van der Waals surface area contributed by atoms with E-state index in [4.69, 9.17) is 9.47 Å². The molecular formula is C24H29BrN4O4. The van der Waals surface area contributed by atoms with Gasteiger partial charge in [0.05, 0.1) is 26.4 Å². The predicted octanol–water partition coefficient (Wildman–Crippen LogP) is 6.13. The van der Waals surface area contributed by atoms with Crippen LogP contribution < -0.4 is 9.47 Å². The molecule has 3 aromatic rings.